The highest BCUT2D eigenvalue weighted by Gasteiger charge is 2.07. The van der Waals surface area contributed by atoms with Crippen LogP contribution < -0.4 is 36.1 Å². The van der Waals surface area contributed by atoms with Crippen molar-refractivity contribution in [1.82, 2.24) is 0 Å². The molecule has 0 radical (unpaired) electrons. The van der Waals surface area contributed by atoms with E-state index in [0.717, 1.165) is 38.5 Å². The smallest absolute Gasteiger partial charge is 0.123 e. The van der Waals surface area contributed by atoms with Gasteiger partial charge in [-0.25, -0.2) is 0 Å². The third kappa shape index (κ3) is 11.1. The molecule has 3 aromatic rings. The molecular weight excluding hydrogens is 520 g/mol. The van der Waals surface area contributed by atoms with Crippen LogP contribution in [0.3, 0.4) is 0 Å². The molecule has 0 heterocycles. The zero-order valence-electron chi connectivity index (χ0n) is 23.3. The Balaban J connectivity index is 1.33. The number of benzene rings is 3. The molecule has 0 saturated heterocycles. The average Bonchev–Trinajstić information content (AvgIpc) is 2.96. The summed E-state index contributed by atoms with van der Waals surface area (Å²) >= 11 is 0. The number of amidine groups is 3. The number of hydrogen-bond donors (Lipinski definition) is 6. The van der Waals surface area contributed by atoms with Crippen molar-refractivity contribution in [2.75, 3.05) is 26.4 Å². The minimum atomic E-state index is -0.0442. The van der Waals surface area contributed by atoms with E-state index in [1.165, 1.54) is 0 Å². The second-order valence-electron chi connectivity index (χ2n) is 9.50. The second kappa shape index (κ2) is 16.4. The Morgan fingerprint density at radius 3 is 1.15 bits per heavy atom. The first-order valence-corrected chi connectivity index (χ1v) is 13.7. The highest BCUT2D eigenvalue weighted by molar-refractivity contribution is 5.96. The second-order valence-corrected chi connectivity index (χ2v) is 9.50. The average molecular weight is 561 g/mol. The summed E-state index contributed by atoms with van der Waals surface area (Å²) in [7, 11) is 0. The molecule has 41 heavy (non-hydrogen) atoms. The van der Waals surface area contributed by atoms with E-state index in [0.29, 0.717) is 66.1 Å². The van der Waals surface area contributed by atoms with Gasteiger partial charge in [-0.15, -0.1) is 0 Å². The van der Waals surface area contributed by atoms with Crippen LogP contribution in [0.2, 0.25) is 0 Å². The molecule has 0 aromatic heterocycles. The molecule has 0 aliphatic heterocycles. The summed E-state index contributed by atoms with van der Waals surface area (Å²) in [6.45, 7) is 2.18. The molecule has 10 heteroatoms. The van der Waals surface area contributed by atoms with Crippen LogP contribution in [0, 0.1) is 16.2 Å². The zero-order chi connectivity index (χ0) is 29.5. The van der Waals surface area contributed by atoms with Crippen molar-refractivity contribution in [1.29, 1.82) is 16.2 Å². The fourth-order valence-electron chi connectivity index (χ4n) is 3.92. The highest BCUT2D eigenvalue weighted by atomic mass is 16.5. The fourth-order valence-corrected chi connectivity index (χ4v) is 3.92. The molecule has 0 saturated carbocycles. The third-order valence-corrected chi connectivity index (χ3v) is 6.13. The Labute approximate surface area is 241 Å². The summed E-state index contributed by atoms with van der Waals surface area (Å²) in [5.41, 5.74) is 18.6. The predicted molar refractivity (Wildman–Crippen MR) is 162 cm³/mol. The lowest BCUT2D eigenvalue weighted by Crippen LogP contribution is -2.12. The standard InChI is InChI=1S/C31H40N6O4/c32-29(33)22-9-7-11-25(17-22)38-13-3-1-5-15-40-27-19-24(31(36)37)20-28(21-27)41-16-6-2-4-14-39-26-12-8-10-23(18-26)30(34)35/h7-12,17-21H,1-6,13-16H2,(H3,32,33)(H3,34,35)(H3,36,37). The van der Waals surface area contributed by atoms with Crippen molar-refractivity contribution in [3.63, 3.8) is 0 Å². The minimum Gasteiger partial charge on any atom is -0.494 e. The monoisotopic (exact) mass is 560 g/mol. The molecule has 0 atom stereocenters. The van der Waals surface area contributed by atoms with E-state index in [1.54, 1.807) is 36.4 Å². The van der Waals surface area contributed by atoms with E-state index in [9.17, 15) is 0 Å². The fraction of sp³-hybridized carbons (Fsp3) is 0.323. The van der Waals surface area contributed by atoms with Crippen LogP contribution in [-0.4, -0.2) is 43.9 Å². The summed E-state index contributed by atoms with van der Waals surface area (Å²) in [5.74, 6) is 2.63. The Morgan fingerprint density at radius 1 is 0.439 bits per heavy atom. The minimum absolute atomic E-state index is 0.0196. The predicted octanol–water partition coefficient (Wildman–Crippen LogP) is 4.80. The molecule has 9 N–H and O–H groups in total. The maximum Gasteiger partial charge on any atom is 0.123 e. The van der Waals surface area contributed by atoms with E-state index >= 15 is 0 Å². The van der Waals surface area contributed by atoms with Gasteiger partial charge in [0.15, 0.2) is 0 Å². The number of rotatable bonds is 19. The molecule has 3 aromatic carbocycles. The summed E-state index contributed by atoms with van der Waals surface area (Å²) in [6.07, 6.45) is 5.27. The molecular formula is C31H40N6O4. The van der Waals surface area contributed by atoms with Crippen LogP contribution in [0.5, 0.6) is 23.0 Å². The maximum absolute atomic E-state index is 7.82. The lowest BCUT2D eigenvalue weighted by atomic mass is 10.2. The van der Waals surface area contributed by atoms with Gasteiger partial charge in [-0.05, 0) is 74.9 Å². The van der Waals surface area contributed by atoms with Gasteiger partial charge in [0.05, 0.1) is 26.4 Å². The van der Waals surface area contributed by atoms with E-state index < -0.39 is 0 Å². The molecule has 0 amide bonds. The Kier molecular flexibility index (Phi) is 12.3. The number of nitrogen functional groups attached to an aromatic ring is 3. The van der Waals surface area contributed by atoms with Crippen molar-refractivity contribution in [2.24, 2.45) is 17.2 Å². The van der Waals surface area contributed by atoms with Gasteiger partial charge in [-0.3, -0.25) is 16.2 Å². The van der Waals surface area contributed by atoms with Crippen LogP contribution in [-0.2, 0) is 0 Å². The molecule has 10 nitrogen and oxygen atoms in total. The van der Waals surface area contributed by atoms with Gasteiger partial charge < -0.3 is 36.1 Å². The molecule has 0 fully saturated rings. The lowest BCUT2D eigenvalue weighted by Gasteiger charge is -2.12. The van der Waals surface area contributed by atoms with Crippen molar-refractivity contribution in [3.8, 4) is 23.0 Å². The van der Waals surface area contributed by atoms with E-state index in [-0.39, 0.29) is 17.5 Å². The van der Waals surface area contributed by atoms with Crippen LogP contribution in [0.25, 0.3) is 0 Å². The Bertz CT molecular complexity index is 1220. The van der Waals surface area contributed by atoms with Gasteiger partial charge in [-0.1, -0.05) is 24.3 Å². The van der Waals surface area contributed by atoms with Gasteiger partial charge in [0.25, 0.3) is 0 Å². The number of unbranched alkanes of at least 4 members (excludes halogenated alkanes) is 4. The van der Waals surface area contributed by atoms with Crippen molar-refractivity contribution in [2.45, 2.75) is 38.5 Å². The quantitative estimate of drug-likeness (QED) is 0.0690. The number of nitrogens with two attached hydrogens (primary N) is 3. The van der Waals surface area contributed by atoms with Gasteiger partial charge in [0.2, 0.25) is 0 Å². The lowest BCUT2D eigenvalue weighted by molar-refractivity contribution is 0.272. The largest absolute Gasteiger partial charge is 0.494 e. The van der Waals surface area contributed by atoms with Crippen LogP contribution >= 0.6 is 0 Å². The molecule has 0 aliphatic rings. The van der Waals surface area contributed by atoms with Crippen LogP contribution in [0.15, 0.2) is 66.7 Å². The molecule has 0 bridgehead atoms. The molecule has 0 spiro atoms. The molecule has 0 unspecified atom stereocenters. The molecule has 218 valence electrons. The van der Waals surface area contributed by atoms with Gasteiger partial charge in [0.1, 0.15) is 40.5 Å². The number of nitrogens with one attached hydrogen (secondary N) is 3. The summed E-state index contributed by atoms with van der Waals surface area (Å²) < 4.78 is 23.4. The first-order valence-electron chi connectivity index (χ1n) is 13.7. The first kappa shape index (κ1) is 30.8. The summed E-state index contributed by atoms with van der Waals surface area (Å²) in [6, 6.07) is 19.8. The summed E-state index contributed by atoms with van der Waals surface area (Å²) in [5, 5.41) is 22.9. The van der Waals surface area contributed by atoms with Crippen LogP contribution in [0.4, 0.5) is 0 Å². The number of hydrogen-bond acceptors (Lipinski definition) is 7. The van der Waals surface area contributed by atoms with E-state index in [2.05, 4.69) is 0 Å². The zero-order valence-corrected chi connectivity index (χ0v) is 23.3. The van der Waals surface area contributed by atoms with Gasteiger partial charge in [0, 0.05) is 22.8 Å². The first-order chi connectivity index (χ1) is 19.8. The van der Waals surface area contributed by atoms with E-state index in [4.69, 9.17) is 52.4 Å². The van der Waals surface area contributed by atoms with E-state index in [1.807, 2.05) is 30.3 Å². The normalized spacial score (nSPS) is 10.5. The highest BCUT2D eigenvalue weighted by Crippen LogP contribution is 2.24. The van der Waals surface area contributed by atoms with Crippen molar-refractivity contribution >= 4 is 17.5 Å². The van der Waals surface area contributed by atoms with Gasteiger partial charge in [-0.2, -0.15) is 0 Å². The Hall–Kier alpha value is -4.73. The number of ether oxygens (including phenoxy) is 4. The molecule has 0 aliphatic carbocycles. The van der Waals surface area contributed by atoms with Crippen molar-refractivity contribution < 1.29 is 18.9 Å². The molecule has 3 rings (SSSR count). The van der Waals surface area contributed by atoms with Crippen LogP contribution in [0.1, 0.15) is 55.2 Å². The Morgan fingerprint density at radius 2 is 0.780 bits per heavy atom. The van der Waals surface area contributed by atoms with Crippen molar-refractivity contribution in [3.05, 3.63) is 83.4 Å². The van der Waals surface area contributed by atoms with Gasteiger partial charge >= 0.3 is 0 Å². The topological polar surface area (TPSA) is 187 Å². The summed E-state index contributed by atoms with van der Waals surface area (Å²) in [4.78, 5) is 0. The SMILES string of the molecule is N=C(N)c1cccc(OCCCCCOc2cc(OCCCCCOc3cccc(C(=N)N)c3)cc(C(=N)N)c2)c1. The maximum atomic E-state index is 7.82. The third-order valence-electron chi connectivity index (χ3n) is 6.13.